The van der Waals surface area contributed by atoms with Gasteiger partial charge in [-0.15, -0.1) is 5.10 Å². The molecule has 58 heavy (non-hydrogen) atoms. The van der Waals surface area contributed by atoms with E-state index in [2.05, 4.69) is 33.1 Å². The van der Waals surface area contributed by atoms with Crippen LogP contribution in [-0.2, 0) is 38.6 Å². The van der Waals surface area contributed by atoms with Crippen LogP contribution in [0, 0.1) is 5.92 Å². The average Bonchev–Trinajstić information content (AvgIpc) is 3.74. The van der Waals surface area contributed by atoms with Crippen molar-refractivity contribution in [1.29, 1.82) is 0 Å². The molecule has 1 saturated heterocycles. The summed E-state index contributed by atoms with van der Waals surface area (Å²) in [4.78, 5) is 25.5. The number of rotatable bonds is 14. The fourth-order valence-electron chi connectivity index (χ4n) is 6.84. The molecule has 4 N–H and O–H groups in total. The zero-order valence-electron chi connectivity index (χ0n) is 32.0. The standard InChI is InChI=1S/C44H44N6O7S/c1-28-39(27-58-44-47-48-49-50(44)35-20-22-36(52)23-21-35)56-42(57-40(28)32-14-12-30(26-51)13-15-32)33-18-16-31(17-19-33)37-11-7-6-10-34(37)25-45-43(54)46-38(41(53)55-2)24-29-8-4-3-5-9-29/h3-23,28,38-40,42,51-52H,24-27H2,1-2H3,(H2,45,46,54)/t28-,38-,39+,40+,42+/m0/s1. The largest absolute Gasteiger partial charge is 0.508 e. The number of aliphatic hydroxyl groups is 1. The zero-order valence-corrected chi connectivity index (χ0v) is 32.8. The van der Waals surface area contributed by atoms with Crippen LogP contribution >= 0.6 is 11.8 Å². The summed E-state index contributed by atoms with van der Waals surface area (Å²) in [6.07, 6.45) is -0.963. The maximum absolute atomic E-state index is 13.0. The number of phenolic OH excluding ortho intramolecular Hbond substituents is 1. The summed E-state index contributed by atoms with van der Waals surface area (Å²) in [6.45, 7) is 2.27. The highest BCUT2D eigenvalue weighted by Crippen LogP contribution is 2.43. The molecule has 2 amide bonds. The summed E-state index contributed by atoms with van der Waals surface area (Å²) in [7, 11) is 1.30. The Labute approximate surface area is 340 Å². The lowest BCUT2D eigenvalue weighted by Gasteiger charge is -2.41. The first-order valence-corrected chi connectivity index (χ1v) is 19.8. The van der Waals surface area contributed by atoms with Crippen LogP contribution in [0.1, 0.15) is 47.1 Å². The fourth-order valence-corrected chi connectivity index (χ4v) is 7.89. The van der Waals surface area contributed by atoms with Crippen LogP contribution in [0.2, 0.25) is 0 Å². The van der Waals surface area contributed by atoms with Crippen molar-refractivity contribution in [2.45, 2.75) is 56.2 Å². The number of esters is 1. The van der Waals surface area contributed by atoms with Crippen LogP contribution in [0.25, 0.3) is 16.8 Å². The smallest absolute Gasteiger partial charge is 0.328 e. The zero-order chi connectivity index (χ0) is 40.4. The first-order chi connectivity index (χ1) is 28.3. The second-order valence-corrected chi connectivity index (χ2v) is 14.9. The van der Waals surface area contributed by atoms with Crippen molar-refractivity contribution in [1.82, 2.24) is 30.8 Å². The highest BCUT2D eigenvalue weighted by Gasteiger charge is 2.38. The average molecular weight is 801 g/mol. The van der Waals surface area contributed by atoms with Gasteiger partial charge in [0.15, 0.2) is 6.29 Å². The number of ether oxygens (including phenoxy) is 3. The number of carbonyl (C=O) groups excluding carboxylic acids is 2. The van der Waals surface area contributed by atoms with E-state index in [0.717, 1.165) is 44.6 Å². The summed E-state index contributed by atoms with van der Waals surface area (Å²) >= 11 is 1.47. The number of phenols is 1. The van der Waals surface area contributed by atoms with Crippen molar-refractivity contribution in [2.24, 2.45) is 5.92 Å². The van der Waals surface area contributed by atoms with E-state index < -0.39 is 24.3 Å². The Kier molecular flexibility index (Phi) is 13.1. The number of tetrazole rings is 1. The van der Waals surface area contributed by atoms with E-state index in [-0.39, 0.29) is 37.0 Å². The lowest BCUT2D eigenvalue weighted by Crippen LogP contribution is -2.47. The number of aliphatic hydroxyl groups excluding tert-OH is 1. The number of nitrogens with zero attached hydrogens (tertiary/aromatic N) is 4. The molecule has 1 fully saturated rings. The van der Waals surface area contributed by atoms with Gasteiger partial charge >= 0.3 is 12.0 Å². The quantitative estimate of drug-likeness (QED) is 0.0684. The third-order valence-corrected chi connectivity index (χ3v) is 11.1. The molecule has 6 aromatic rings. The molecule has 1 aliphatic rings. The van der Waals surface area contributed by atoms with Gasteiger partial charge in [-0.3, -0.25) is 0 Å². The van der Waals surface area contributed by atoms with Gasteiger partial charge in [0.1, 0.15) is 11.8 Å². The third kappa shape index (κ3) is 9.72. The first-order valence-electron chi connectivity index (χ1n) is 18.8. The van der Waals surface area contributed by atoms with Crippen LogP contribution in [0.5, 0.6) is 5.75 Å². The summed E-state index contributed by atoms with van der Waals surface area (Å²) in [6, 6.07) is 38.3. The molecule has 298 valence electrons. The van der Waals surface area contributed by atoms with Crippen LogP contribution in [0.15, 0.2) is 133 Å². The van der Waals surface area contributed by atoms with Crippen LogP contribution < -0.4 is 10.6 Å². The minimum atomic E-state index is -0.845. The van der Waals surface area contributed by atoms with Crippen molar-refractivity contribution in [2.75, 3.05) is 12.9 Å². The van der Waals surface area contributed by atoms with Gasteiger partial charge in [0.2, 0.25) is 5.16 Å². The predicted octanol–water partition coefficient (Wildman–Crippen LogP) is 6.69. The Balaban J connectivity index is 1.06. The number of aromatic nitrogens is 4. The van der Waals surface area contributed by atoms with Crippen LogP contribution in [-0.4, -0.2) is 67.4 Å². The van der Waals surface area contributed by atoms with Crippen molar-refractivity contribution in [3.63, 3.8) is 0 Å². The molecule has 0 aliphatic carbocycles. The second kappa shape index (κ2) is 18.9. The van der Waals surface area contributed by atoms with Gasteiger partial charge in [-0.25, -0.2) is 9.59 Å². The lowest BCUT2D eigenvalue weighted by atomic mass is 9.91. The molecule has 7 rings (SSSR count). The number of urea groups is 1. The molecule has 2 heterocycles. The highest BCUT2D eigenvalue weighted by molar-refractivity contribution is 7.99. The molecule has 0 spiro atoms. The number of hydrogen-bond acceptors (Lipinski definition) is 11. The van der Waals surface area contributed by atoms with E-state index in [1.54, 1.807) is 28.9 Å². The molecule has 0 bridgehead atoms. The molecule has 1 aliphatic heterocycles. The molecule has 14 heteroatoms. The van der Waals surface area contributed by atoms with Crippen LogP contribution in [0.3, 0.4) is 0 Å². The Morgan fingerprint density at radius 2 is 1.57 bits per heavy atom. The highest BCUT2D eigenvalue weighted by atomic mass is 32.2. The van der Waals surface area contributed by atoms with E-state index in [1.165, 1.54) is 18.9 Å². The normalized spacial score (nSPS) is 18.3. The molecule has 0 saturated carbocycles. The number of aromatic hydroxyl groups is 1. The van der Waals surface area contributed by atoms with Crippen molar-refractivity contribution < 1.29 is 34.0 Å². The van der Waals surface area contributed by atoms with Gasteiger partial charge in [-0.1, -0.05) is 122 Å². The van der Waals surface area contributed by atoms with E-state index in [4.69, 9.17) is 14.2 Å². The van der Waals surface area contributed by atoms with Gasteiger partial charge in [-0.2, -0.15) is 4.68 Å². The second-order valence-electron chi connectivity index (χ2n) is 13.9. The lowest BCUT2D eigenvalue weighted by molar-refractivity contribution is -0.268. The van der Waals surface area contributed by atoms with Gasteiger partial charge in [0, 0.05) is 30.2 Å². The molecule has 5 atom stereocenters. The summed E-state index contributed by atoms with van der Waals surface area (Å²) in [5.74, 6) is 0.102. The van der Waals surface area contributed by atoms with Gasteiger partial charge in [-0.05, 0) is 68.1 Å². The molecule has 0 radical (unpaired) electrons. The summed E-state index contributed by atoms with van der Waals surface area (Å²) in [5, 5.41) is 38.0. The summed E-state index contributed by atoms with van der Waals surface area (Å²) < 4.78 is 20.0. The van der Waals surface area contributed by atoms with E-state index >= 15 is 0 Å². The SMILES string of the molecule is COC(=O)[C@H](Cc1ccccc1)NC(=O)NCc1ccccc1-c1ccc([C@@H]2O[C@H](CSc3nnnn3-c3ccc(O)cc3)[C@H](C)[C@H](c3ccc(CO)cc3)O2)cc1. The number of hydrogen-bond donors (Lipinski definition) is 4. The topological polar surface area (TPSA) is 170 Å². The Morgan fingerprint density at radius 3 is 2.29 bits per heavy atom. The molecular weight excluding hydrogens is 757 g/mol. The van der Waals surface area contributed by atoms with E-state index in [9.17, 15) is 19.8 Å². The summed E-state index contributed by atoms with van der Waals surface area (Å²) in [5.41, 5.74) is 7.00. The number of thioether (sulfide) groups is 1. The van der Waals surface area contributed by atoms with Crippen LogP contribution in [0.4, 0.5) is 4.79 Å². The molecule has 0 unspecified atom stereocenters. The van der Waals surface area contributed by atoms with E-state index in [1.807, 2.05) is 103 Å². The number of nitrogens with one attached hydrogen (secondary N) is 2. The Hall–Kier alpha value is -6.06. The van der Waals surface area contributed by atoms with Crippen molar-refractivity contribution >= 4 is 23.8 Å². The predicted molar refractivity (Wildman–Crippen MR) is 218 cm³/mol. The van der Waals surface area contributed by atoms with Crippen molar-refractivity contribution in [3.05, 3.63) is 155 Å². The number of amides is 2. The fraction of sp³-hybridized carbons (Fsp3) is 0.250. The first kappa shape index (κ1) is 40.1. The molecule has 13 nitrogen and oxygen atoms in total. The van der Waals surface area contributed by atoms with E-state index in [0.29, 0.717) is 17.3 Å². The third-order valence-electron chi connectivity index (χ3n) is 10.1. The van der Waals surface area contributed by atoms with Crippen molar-refractivity contribution in [3.8, 4) is 22.6 Å². The Bertz CT molecular complexity index is 2270. The van der Waals surface area contributed by atoms with Gasteiger partial charge in [0.25, 0.3) is 0 Å². The minimum Gasteiger partial charge on any atom is -0.508 e. The maximum Gasteiger partial charge on any atom is 0.328 e. The molecular formula is C44H44N6O7S. The van der Waals surface area contributed by atoms with Gasteiger partial charge in [0.05, 0.1) is 31.6 Å². The number of benzene rings is 5. The number of carbonyl (C=O) groups is 2. The minimum absolute atomic E-state index is 0.0501. The molecule has 1 aromatic heterocycles. The number of methoxy groups -OCH3 is 1. The monoisotopic (exact) mass is 800 g/mol. The molecule has 5 aromatic carbocycles. The maximum atomic E-state index is 13.0. The Morgan fingerprint density at radius 1 is 0.862 bits per heavy atom. The van der Waals surface area contributed by atoms with Gasteiger partial charge < -0.3 is 35.1 Å².